The lowest BCUT2D eigenvalue weighted by Crippen LogP contribution is -1.98. The van der Waals surface area contributed by atoms with Crippen molar-refractivity contribution in [3.8, 4) is 23.0 Å². The van der Waals surface area contributed by atoms with Gasteiger partial charge in [0.25, 0.3) is 0 Å². The largest absolute Gasteiger partial charge is 0.507 e. The highest BCUT2D eigenvalue weighted by Gasteiger charge is 2.04. The summed E-state index contributed by atoms with van der Waals surface area (Å²) in [5, 5.41) is 20.8. The van der Waals surface area contributed by atoms with Crippen LogP contribution >= 0.6 is 0 Å². The van der Waals surface area contributed by atoms with Crippen LogP contribution in [0.15, 0.2) is 46.4 Å². The van der Waals surface area contributed by atoms with E-state index in [1.165, 1.54) is 116 Å². The van der Waals surface area contributed by atoms with Gasteiger partial charge in [0.1, 0.15) is 23.0 Å². The van der Waals surface area contributed by atoms with Gasteiger partial charge in [0.05, 0.1) is 26.3 Å². The van der Waals surface area contributed by atoms with Crippen molar-refractivity contribution in [3.05, 3.63) is 47.5 Å². The molecule has 6 nitrogen and oxygen atoms in total. The first-order valence-corrected chi connectivity index (χ1v) is 18.5. The number of hydrogen-bond acceptors (Lipinski definition) is 6. The minimum absolute atomic E-state index is 0.160. The highest BCUT2D eigenvalue weighted by molar-refractivity contribution is 5.84. The number of phenols is 2. The third-order valence-corrected chi connectivity index (χ3v) is 8.36. The summed E-state index contributed by atoms with van der Waals surface area (Å²) in [6.45, 7) is 6.83. The van der Waals surface area contributed by atoms with Crippen LogP contribution in [-0.4, -0.2) is 48.9 Å². The molecule has 0 unspecified atom stereocenters. The molecule has 2 aromatic carbocycles. The van der Waals surface area contributed by atoms with Gasteiger partial charge in [-0.2, -0.15) is 0 Å². The number of nitrogens with zero attached hydrogens (tertiary/aromatic N) is 2. The third kappa shape index (κ3) is 19.5. The van der Waals surface area contributed by atoms with Crippen LogP contribution in [0.3, 0.4) is 0 Å². The number of benzene rings is 2. The lowest BCUT2D eigenvalue weighted by molar-refractivity contribution is 0.302. The Morgan fingerprint density at radius 2 is 0.804 bits per heavy atom. The maximum atomic E-state index is 10.4. The first-order chi connectivity index (χ1) is 22.6. The lowest BCUT2D eigenvalue weighted by atomic mass is 10.1. The fourth-order valence-corrected chi connectivity index (χ4v) is 5.45. The quantitative estimate of drug-likeness (QED) is 0.0687. The maximum absolute atomic E-state index is 10.4. The molecule has 2 N–H and O–H groups in total. The Morgan fingerprint density at radius 1 is 0.478 bits per heavy atom. The molecular weight excluding hydrogens is 572 g/mol. The van der Waals surface area contributed by atoms with Gasteiger partial charge >= 0.3 is 0 Å². The van der Waals surface area contributed by atoms with E-state index < -0.39 is 0 Å². The average molecular weight is 637 g/mol. The Bertz CT molecular complexity index is 999. The van der Waals surface area contributed by atoms with Crippen molar-refractivity contribution in [3.63, 3.8) is 0 Å². The second-order valence-corrected chi connectivity index (χ2v) is 12.6. The maximum Gasteiger partial charge on any atom is 0.128 e. The Labute approximate surface area is 280 Å². The number of hydrogen-bond donors (Lipinski definition) is 2. The Hall–Kier alpha value is -3.02. The molecule has 0 aromatic heterocycles. The first-order valence-electron chi connectivity index (χ1n) is 18.5. The fourth-order valence-electron chi connectivity index (χ4n) is 5.45. The van der Waals surface area contributed by atoms with E-state index in [9.17, 15) is 10.2 Å². The molecule has 46 heavy (non-hydrogen) atoms. The molecule has 0 radical (unpaired) electrons. The van der Waals surface area contributed by atoms with Crippen LogP contribution in [0.2, 0.25) is 0 Å². The molecule has 0 aliphatic carbocycles. The van der Waals surface area contributed by atoms with Crippen LogP contribution in [0.5, 0.6) is 23.0 Å². The van der Waals surface area contributed by atoms with E-state index in [-0.39, 0.29) is 11.5 Å². The molecule has 6 heteroatoms. The molecule has 0 aliphatic rings. The van der Waals surface area contributed by atoms with E-state index in [1.807, 2.05) is 24.3 Å². The summed E-state index contributed by atoms with van der Waals surface area (Å²) in [5.41, 5.74) is 1.31. The predicted molar refractivity (Wildman–Crippen MR) is 196 cm³/mol. The SMILES string of the molecule is CCCCCCCCCCCCOc1ccc(C=NCCN=Cc2ccc(OCCCCCCCCCCCC)cc2O)c(O)c1. The average Bonchev–Trinajstić information content (AvgIpc) is 3.05. The Kier molecular flexibility index (Phi) is 23.1. The standard InChI is InChI=1S/C40H64N2O4/c1-3-5-7-9-11-13-15-17-19-21-29-45-37-25-23-35(39(43)31-37)33-41-27-28-42-34-36-24-26-38(32-40(36)44)46-30-22-20-18-16-14-12-10-8-6-4-2/h23-26,31-34,43-44H,3-22,27-30H2,1-2H3. The van der Waals surface area contributed by atoms with E-state index in [0.717, 1.165) is 12.8 Å². The van der Waals surface area contributed by atoms with E-state index >= 15 is 0 Å². The van der Waals surface area contributed by atoms with E-state index in [4.69, 9.17) is 9.47 Å². The van der Waals surface area contributed by atoms with Gasteiger partial charge in [0.2, 0.25) is 0 Å². The van der Waals surface area contributed by atoms with E-state index in [2.05, 4.69) is 23.8 Å². The normalized spacial score (nSPS) is 11.6. The number of ether oxygens (including phenoxy) is 2. The molecule has 2 rings (SSSR count). The van der Waals surface area contributed by atoms with Crippen LogP contribution < -0.4 is 9.47 Å². The first kappa shape index (κ1) is 39.2. The summed E-state index contributed by atoms with van der Waals surface area (Å²) < 4.78 is 11.7. The zero-order valence-electron chi connectivity index (χ0n) is 29.2. The number of aromatic hydroxyl groups is 2. The van der Waals surface area contributed by atoms with Crippen LogP contribution in [0.25, 0.3) is 0 Å². The van der Waals surface area contributed by atoms with Gasteiger partial charge in [-0.1, -0.05) is 129 Å². The Morgan fingerprint density at radius 3 is 1.13 bits per heavy atom. The third-order valence-electron chi connectivity index (χ3n) is 8.36. The second kappa shape index (κ2) is 27.1. The van der Waals surface area contributed by atoms with Crippen molar-refractivity contribution >= 4 is 12.4 Å². The fraction of sp³-hybridized carbons (Fsp3) is 0.650. The van der Waals surface area contributed by atoms with Crippen molar-refractivity contribution in [1.29, 1.82) is 0 Å². The number of phenolic OH excluding ortho intramolecular Hbond substituents is 2. The smallest absolute Gasteiger partial charge is 0.128 e. The van der Waals surface area contributed by atoms with Crippen molar-refractivity contribution in [2.24, 2.45) is 9.98 Å². The van der Waals surface area contributed by atoms with E-state index in [1.54, 1.807) is 24.6 Å². The molecule has 0 bridgehead atoms. The van der Waals surface area contributed by atoms with Crippen LogP contribution in [0, 0.1) is 0 Å². The second-order valence-electron chi connectivity index (χ2n) is 12.6. The zero-order chi connectivity index (χ0) is 32.9. The van der Waals surface area contributed by atoms with Gasteiger partial charge in [-0.05, 0) is 37.1 Å². The summed E-state index contributed by atoms with van der Waals surface area (Å²) in [7, 11) is 0. The molecule has 0 aliphatic heterocycles. The zero-order valence-corrected chi connectivity index (χ0v) is 29.2. The minimum atomic E-state index is 0.160. The number of aliphatic imine (C=N–C) groups is 2. The molecular formula is C40H64N2O4. The summed E-state index contributed by atoms with van der Waals surface area (Å²) in [6.07, 6.45) is 29.3. The minimum Gasteiger partial charge on any atom is -0.507 e. The summed E-state index contributed by atoms with van der Waals surface area (Å²) in [6, 6.07) is 10.7. The molecule has 0 fully saturated rings. The molecule has 0 amide bonds. The molecule has 0 heterocycles. The molecule has 2 aromatic rings. The van der Waals surface area contributed by atoms with Gasteiger partial charge in [0.15, 0.2) is 0 Å². The molecule has 258 valence electrons. The van der Waals surface area contributed by atoms with Gasteiger partial charge in [-0.15, -0.1) is 0 Å². The van der Waals surface area contributed by atoms with Crippen LogP contribution in [-0.2, 0) is 0 Å². The monoisotopic (exact) mass is 636 g/mol. The topological polar surface area (TPSA) is 83.6 Å². The lowest BCUT2D eigenvalue weighted by Gasteiger charge is -2.08. The van der Waals surface area contributed by atoms with Crippen molar-refractivity contribution in [2.45, 2.75) is 142 Å². The van der Waals surface area contributed by atoms with Gasteiger partial charge in [-0.25, -0.2) is 0 Å². The van der Waals surface area contributed by atoms with Crippen molar-refractivity contribution in [2.75, 3.05) is 26.3 Å². The number of unbranched alkanes of at least 4 members (excludes halogenated alkanes) is 18. The van der Waals surface area contributed by atoms with Gasteiger partial charge in [-0.3, -0.25) is 9.98 Å². The molecule has 0 saturated heterocycles. The van der Waals surface area contributed by atoms with Crippen LogP contribution in [0.1, 0.15) is 153 Å². The summed E-state index contributed by atoms with van der Waals surface area (Å²) in [4.78, 5) is 8.78. The number of rotatable bonds is 29. The Balaban J connectivity index is 1.55. The summed E-state index contributed by atoms with van der Waals surface area (Å²) >= 11 is 0. The van der Waals surface area contributed by atoms with Crippen LogP contribution in [0.4, 0.5) is 0 Å². The highest BCUT2D eigenvalue weighted by Crippen LogP contribution is 2.24. The van der Waals surface area contributed by atoms with Crippen molar-refractivity contribution in [1.82, 2.24) is 0 Å². The van der Waals surface area contributed by atoms with Gasteiger partial charge < -0.3 is 19.7 Å². The van der Waals surface area contributed by atoms with Gasteiger partial charge in [0, 0.05) is 35.7 Å². The highest BCUT2D eigenvalue weighted by atomic mass is 16.5. The summed E-state index contributed by atoms with van der Waals surface area (Å²) in [5.74, 6) is 1.69. The van der Waals surface area contributed by atoms with E-state index in [0.29, 0.717) is 48.9 Å². The van der Waals surface area contributed by atoms with Crippen molar-refractivity contribution < 1.29 is 19.7 Å². The molecule has 0 atom stereocenters. The predicted octanol–water partition coefficient (Wildman–Crippen LogP) is 11.2. The molecule has 0 saturated carbocycles. The molecule has 0 spiro atoms.